The van der Waals surface area contributed by atoms with Crippen LogP contribution in [-0.4, -0.2) is 15.0 Å². The third kappa shape index (κ3) is 2.14. The van der Waals surface area contributed by atoms with Gasteiger partial charge in [-0.15, -0.1) is 0 Å². The number of anilines is 1. The van der Waals surface area contributed by atoms with E-state index in [-0.39, 0.29) is 0 Å². The third-order valence-electron chi connectivity index (χ3n) is 2.89. The summed E-state index contributed by atoms with van der Waals surface area (Å²) in [7, 11) is 0. The first kappa shape index (κ1) is 11.6. The van der Waals surface area contributed by atoms with Crippen molar-refractivity contribution >= 4 is 17.0 Å². The van der Waals surface area contributed by atoms with E-state index in [0.717, 1.165) is 41.0 Å². The minimum atomic E-state index is 0.295. The molecule has 96 valence electrons. The molecule has 0 unspecified atom stereocenters. The molecule has 0 aromatic carbocycles. The average Bonchev–Trinajstić information content (AvgIpc) is 2.92. The number of nitrogens with two attached hydrogens (primary N) is 1. The first-order valence-electron chi connectivity index (χ1n) is 6.25. The minimum absolute atomic E-state index is 0.295. The molecule has 5 nitrogen and oxygen atoms in total. The fourth-order valence-electron chi connectivity index (χ4n) is 2.07. The zero-order chi connectivity index (χ0) is 13.2. The highest BCUT2D eigenvalue weighted by molar-refractivity contribution is 5.80. The van der Waals surface area contributed by atoms with E-state index in [2.05, 4.69) is 21.9 Å². The molecule has 3 heterocycles. The number of rotatable bonds is 3. The standard InChI is InChI=1S/C14H14N4O/c1-2-4-10-13-11(18-14(15)17-10)7-6-9(16-13)12-5-3-8-19-12/h3,5-8H,2,4H2,1H3,(H2,15,17,18). The molecule has 0 aliphatic rings. The Kier molecular flexibility index (Phi) is 2.87. The number of fused-ring (bicyclic) bond motifs is 1. The summed E-state index contributed by atoms with van der Waals surface area (Å²) in [5, 5.41) is 0. The van der Waals surface area contributed by atoms with Crippen LogP contribution in [0.15, 0.2) is 34.9 Å². The lowest BCUT2D eigenvalue weighted by Crippen LogP contribution is -2.02. The molecule has 3 rings (SSSR count). The molecule has 0 amide bonds. The summed E-state index contributed by atoms with van der Waals surface area (Å²) in [5.41, 5.74) is 8.95. The Bertz CT molecular complexity index is 707. The van der Waals surface area contributed by atoms with E-state index in [4.69, 9.17) is 10.2 Å². The summed E-state index contributed by atoms with van der Waals surface area (Å²) >= 11 is 0. The highest BCUT2D eigenvalue weighted by Gasteiger charge is 2.10. The average molecular weight is 254 g/mol. The maximum atomic E-state index is 5.72. The van der Waals surface area contributed by atoms with Gasteiger partial charge in [0.05, 0.1) is 17.5 Å². The molecule has 5 heteroatoms. The lowest BCUT2D eigenvalue weighted by Gasteiger charge is -2.06. The molecule has 3 aromatic heterocycles. The fraction of sp³-hybridized carbons (Fsp3) is 0.214. The Morgan fingerprint density at radius 3 is 2.79 bits per heavy atom. The number of hydrogen-bond donors (Lipinski definition) is 1. The number of nitrogen functional groups attached to an aromatic ring is 1. The lowest BCUT2D eigenvalue weighted by atomic mass is 10.2. The zero-order valence-electron chi connectivity index (χ0n) is 10.6. The van der Waals surface area contributed by atoms with Crippen LogP contribution in [0.25, 0.3) is 22.5 Å². The van der Waals surface area contributed by atoms with E-state index >= 15 is 0 Å². The molecular weight excluding hydrogens is 240 g/mol. The van der Waals surface area contributed by atoms with Crippen LogP contribution >= 0.6 is 0 Å². The van der Waals surface area contributed by atoms with E-state index in [1.54, 1.807) is 6.26 Å². The first-order valence-corrected chi connectivity index (χ1v) is 6.25. The minimum Gasteiger partial charge on any atom is -0.463 e. The van der Waals surface area contributed by atoms with E-state index in [0.29, 0.717) is 5.95 Å². The number of aryl methyl sites for hydroxylation is 1. The first-order chi connectivity index (χ1) is 9.28. The molecule has 2 N–H and O–H groups in total. The van der Waals surface area contributed by atoms with E-state index < -0.39 is 0 Å². The van der Waals surface area contributed by atoms with E-state index in [1.165, 1.54) is 0 Å². The Morgan fingerprint density at radius 1 is 1.16 bits per heavy atom. The Morgan fingerprint density at radius 2 is 2.05 bits per heavy atom. The summed E-state index contributed by atoms with van der Waals surface area (Å²) in [6.07, 6.45) is 3.45. The van der Waals surface area contributed by atoms with Crippen LogP contribution in [0.5, 0.6) is 0 Å². The van der Waals surface area contributed by atoms with Gasteiger partial charge in [0.1, 0.15) is 11.2 Å². The molecule has 0 atom stereocenters. The van der Waals surface area contributed by atoms with Crippen LogP contribution in [0.1, 0.15) is 19.0 Å². The molecule has 0 saturated carbocycles. The van der Waals surface area contributed by atoms with Gasteiger partial charge in [-0.3, -0.25) is 0 Å². The number of pyridine rings is 1. The quantitative estimate of drug-likeness (QED) is 0.777. The Labute approximate surface area is 110 Å². The van der Waals surface area contributed by atoms with Crippen LogP contribution in [0.4, 0.5) is 5.95 Å². The smallest absolute Gasteiger partial charge is 0.220 e. The van der Waals surface area contributed by atoms with Crippen LogP contribution in [0.3, 0.4) is 0 Å². The highest BCUT2D eigenvalue weighted by atomic mass is 16.3. The summed E-state index contributed by atoms with van der Waals surface area (Å²) in [6, 6.07) is 7.50. The van der Waals surface area contributed by atoms with Gasteiger partial charge in [0.25, 0.3) is 0 Å². The van der Waals surface area contributed by atoms with Crippen LogP contribution < -0.4 is 5.73 Å². The Hall–Kier alpha value is -2.43. The summed E-state index contributed by atoms with van der Waals surface area (Å²) in [6.45, 7) is 2.10. The van der Waals surface area contributed by atoms with Crippen molar-refractivity contribution in [2.75, 3.05) is 5.73 Å². The molecule has 0 bridgehead atoms. The van der Waals surface area contributed by atoms with Crippen molar-refractivity contribution in [3.8, 4) is 11.5 Å². The molecule has 0 aliphatic heterocycles. The van der Waals surface area contributed by atoms with Gasteiger partial charge in [0, 0.05) is 0 Å². The van der Waals surface area contributed by atoms with Crippen LogP contribution in [-0.2, 0) is 6.42 Å². The second kappa shape index (κ2) is 4.68. The number of hydrogen-bond acceptors (Lipinski definition) is 5. The van der Waals surface area contributed by atoms with Crippen molar-refractivity contribution in [1.29, 1.82) is 0 Å². The van der Waals surface area contributed by atoms with Crippen molar-refractivity contribution in [2.45, 2.75) is 19.8 Å². The summed E-state index contributed by atoms with van der Waals surface area (Å²) in [4.78, 5) is 13.1. The number of furan rings is 1. The molecule has 19 heavy (non-hydrogen) atoms. The largest absolute Gasteiger partial charge is 0.463 e. The van der Waals surface area contributed by atoms with Crippen molar-refractivity contribution in [3.05, 3.63) is 36.2 Å². The molecule has 0 spiro atoms. The number of aromatic nitrogens is 3. The van der Waals surface area contributed by atoms with Crippen molar-refractivity contribution in [3.63, 3.8) is 0 Å². The second-order valence-corrected chi connectivity index (χ2v) is 4.32. The predicted octanol–water partition coefficient (Wildman–Crippen LogP) is 2.82. The van der Waals surface area contributed by atoms with Crippen LogP contribution in [0, 0.1) is 0 Å². The lowest BCUT2D eigenvalue weighted by molar-refractivity contribution is 0.580. The molecular formula is C14H14N4O. The van der Waals surface area contributed by atoms with Gasteiger partial charge >= 0.3 is 0 Å². The normalized spacial score (nSPS) is 11.0. The van der Waals surface area contributed by atoms with E-state index in [9.17, 15) is 0 Å². The number of nitrogens with zero attached hydrogens (tertiary/aromatic N) is 3. The predicted molar refractivity (Wildman–Crippen MR) is 73.4 cm³/mol. The van der Waals surface area contributed by atoms with Gasteiger partial charge in [0.15, 0.2) is 5.76 Å². The van der Waals surface area contributed by atoms with Gasteiger partial charge in [0.2, 0.25) is 5.95 Å². The maximum Gasteiger partial charge on any atom is 0.220 e. The monoisotopic (exact) mass is 254 g/mol. The third-order valence-corrected chi connectivity index (χ3v) is 2.89. The van der Waals surface area contributed by atoms with Crippen LogP contribution in [0.2, 0.25) is 0 Å². The molecule has 0 radical (unpaired) electrons. The second-order valence-electron chi connectivity index (χ2n) is 4.32. The summed E-state index contributed by atoms with van der Waals surface area (Å²) < 4.78 is 5.36. The van der Waals surface area contributed by atoms with Gasteiger partial charge in [-0.25, -0.2) is 15.0 Å². The maximum absolute atomic E-state index is 5.72. The van der Waals surface area contributed by atoms with Crippen molar-refractivity contribution < 1.29 is 4.42 Å². The zero-order valence-corrected chi connectivity index (χ0v) is 10.6. The van der Waals surface area contributed by atoms with E-state index in [1.807, 2.05) is 24.3 Å². The fourth-order valence-corrected chi connectivity index (χ4v) is 2.07. The van der Waals surface area contributed by atoms with Gasteiger partial charge in [-0.05, 0) is 30.7 Å². The molecule has 0 fully saturated rings. The Balaban J connectivity index is 2.20. The van der Waals surface area contributed by atoms with Crippen molar-refractivity contribution in [1.82, 2.24) is 15.0 Å². The van der Waals surface area contributed by atoms with Gasteiger partial charge < -0.3 is 10.2 Å². The molecule has 3 aromatic rings. The van der Waals surface area contributed by atoms with Gasteiger partial charge in [-0.2, -0.15) is 0 Å². The van der Waals surface area contributed by atoms with Gasteiger partial charge in [-0.1, -0.05) is 13.3 Å². The topological polar surface area (TPSA) is 77.8 Å². The van der Waals surface area contributed by atoms with Crippen molar-refractivity contribution in [2.24, 2.45) is 0 Å². The highest BCUT2D eigenvalue weighted by Crippen LogP contribution is 2.22. The SMILES string of the molecule is CCCc1nc(N)nc2ccc(-c3ccco3)nc12. The molecule has 0 saturated heterocycles. The molecule has 0 aliphatic carbocycles. The summed E-state index contributed by atoms with van der Waals surface area (Å²) in [5.74, 6) is 1.03.